The van der Waals surface area contributed by atoms with Gasteiger partial charge in [0.05, 0.1) is 0 Å². The lowest BCUT2D eigenvalue weighted by molar-refractivity contribution is 0.172. The highest BCUT2D eigenvalue weighted by atomic mass is 15.1. The van der Waals surface area contributed by atoms with Crippen molar-refractivity contribution >= 4 is 0 Å². The molecule has 1 saturated heterocycles. The Kier molecular flexibility index (Phi) is 1.69. The van der Waals surface area contributed by atoms with Crippen molar-refractivity contribution in [3.8, 4) is 0 Å². The van der Waals surface area contributed by atoms with Gasteiger partial charge < -0.3 is 10.6 Å². The molecule has 0 spiro atoms. The summed E-state index contributed by atoms with van der Waals surface area (Å²) in [5.74, 6) is 0.871. The number of hydrogen-bond donors (Lipinski definition) is 1. The van der Waals surface area contributed by atoms with Crippen LogP contribution in [0.25, 0.3) is 0 Å². The number of likely N-dealkylation sites (tertiary alicyclic amines) is 1. The Morgan fingerprint density at radius 2 is 1.82 bits per heavy atom. The molecule has 0 radical (unpaired) electrons. The quantitative estimate of drug-likeness (QED) is 0.606. The minimum absolute atomic E-state index is 0.229. The molecule has 2 fully saturated rings. The van der Waals surface area contributed by atoms with Gasteiger partial charge in [0.2, 0.25) is 0 Å². The summed E-state index contributed by atoms with van der Waals surface area (Å²) in [5.41, 5.74) is 6.53. The second kappa shape index (κ2) is 2.46. The van der Waals surface area contributed by atoms with E-state index in [1.165, 1.54) is 38.8 Å². The van der Waals surface area contributed by atoms with Crippen molar-refractivity contribution in [1.82, 2.24) is 4.90 Å². The van der Waals surface area contributed by atoms with Crippen LogP contribution in [0.5, 0.6) is 0 Å². The SMILES string of the molecule is CN1CCC(N)(C2CC2)CC1. The summed E-state index contributed by atoms with van der Waals surface area (Å²) in [6.07, 6.45) is 5.21. The molecule has 0 unspecified atom stereocenters. The minimum atomic E-state index is 0.229. The maximum atomic E-state index is 6.30. The first-order valence-corrected chi connectivity index (χ1v) is 4.68. The molecule has 0 aromatic rings. The van der Waals surface area contributed by atoms with Crippen molar-refractivity contribution in [2.24, 2.45) is 11.7 Å². The van der Waals surface area contributed by atoms with Crippen molar-refractivity contribution in [3.63, 3.8) is 0 Å². The average molecular weight is 154 g/mol. The number of piperidine rings is 1. The van der Waals surface area contributed by atoms with Gasteiger partial charge in [-0.05, 0) is 51.7 Å². The van der Waals surface area contributed by atoms with Gasteiger partial charge in [0.25, 0.3) is 0 Å². The first-order valence-electron chi connectivity index (χ1n) is 4.68. The Morgan fingerprint density at radius 3 is 2.27 bits per heavy atom. The van der Waals surface area contributed by atoms with Crippen LogP contribution in [0.15, 0.2) is 0 Å². The third-order valence-electron chi connectivity index (χ3n) is 3.31. The highest BCUT2D eigenvalue weighted by Crippen LogP contribution is 2.43. The van der Waals surface area contributed by atoms with Crippen LogP contribution in [0, 0.1) is 5.92 Å². The smallest absolute Gasteiger partial charge is 0.0207 e. The third kappa shape index (κ3) is 1.42. The summed E-state index contributed by atoms with van der Waals surface area (Å²) in [6, 6.07) is 0. The van der Waals surface area contributed by atoms with Crippen LogP contribution >= 0.6 is 0 Å². The van der Waals surface area contributed by atoms with Gasteiger partial charge in [-0.3, -0.25) is 0 Å². The summed E-state index contributed by atoms with van der Waals surface area (Å²) >= 11 is 0. The van der Waals surface area contributed by atoms with E-state index in [2.05, 4.69) is 11.9 Å². The zero-order valence-corrected chi connectivity index (χ0v) is 7.34. The summed E-state index contributed by atoms with van der Waals surface area (Å²) in [7, 11) is 2.19. The molecule has 2 N–H and O–H groups in total. The van der Waals surface area contributed by atoms with Crippen molar-refractivity contribution in [2.45, 2.75) is 31.2 Å². The van der Waals surface area contributed by atoms with E-state index in [0.29, 0.717) is 0 Å². The minimum Gasteiger partial charge on any atom is -0.325 e. The normalized spacial score (nSPS) is 32.2. The van der Waals surface area contributed by atoms with Crippen LogP contribution in [0.2, 0.25) is 0 Å². The van der Waals surface area contributed by atoms with Crippen LogP contribution in [0.4, 0.5) is 0 Å². The number of nitrogens with zero attached hydrogens (tertiary/aromatic N) is 1. The first-order chi connectivity index (χ1) is 5.21. The highest BCUT2D eigenvalue weighted by molar-refractivity contribution is 5.01. The molecule has 2 rings (SSSR count). The van der Waals surface area contributed by atoms with Crippen LogP contribution in [0.3, 0.4) is 0 Å². The van der Waals surface area contributed by atoms with Crippen LogP contribution in [-0.2, 0) is 0 Å². The van der Waals surface area contributed by atoms with E-state index < -0.39 is 0 Å². The molecular weight excluding hydrogens is 136 g/mol. The van der Waals surface area contributed by atoms with Gasteiger partial charge in [-0.1, -0.05) is 0 Å². The fraction of sp³-hybridized carbons (Fsp3) is 1.00. The fourth-order valence-corrected chi connectivity index (χ4v) is 2.10. The Morgan fingerprint density at radius 1 is 1.27 bits per heavy atom. The summed E-state index contributed by atoms with van der Waals surface area (Å²) < 4.78 is 0. The Labute approximate surface area is 68.7 Å². The van der Waals surface area contributed by atoms with Crippen molar-refractivity contribution in [1.29, 1.82) is 0 Å². The second-order valence-corrected chi connectivity index (χ2v) is 4.31. The molecule has 2 aliphatic rings. The summed E-state index contributed by atoms with van der Waals surface area (Å²) in [4.78, 5) is 2.38. The Hall–Kier alpha value is -0.0800. The second-order valence-electron chi connectivity index (χ2n) is 4.31. The molecule has 64 valence electrons. The maximum Gasteiger partial charge on any atom is 0.0207 e. The highest BCUT2D eigenvalue weighted by Gasteiger charge is 2.43. The van der Waals surface area contributed by atoms with Gasteiger partial charge in [-0.15, -0.1) is 0 Å². The van der Waals surface area contributed by atoms with Crippen LogP contribution in [-0.4, -0.2) is 30.6 Å². The van der Waals surface area contributed by atoms with Gasteiger partial charge in [0.15, 0.2) is 0 Å². The lowest BCUT2D eigenvalue weighted by atomic mass is 9.84. The van der Waals surface area contributed by atoms with Gasteiger partial charge in [0, 0.05) is 5.54 Å². The largest absolute Gasteiger partial charge is 0.325 e. The van der Waals surface area contributed by atoms with Gasteiger partial charge in [-0.2, -0.15) is 0 Å². The molecule has 0 bridgehead atoms. The molecule has 0 aromatic carbocycles. The average Bonchev–Trinajstić information content (AvgIpc) is 2.77. The van der Waals surface area contributed by atoms with Gasteiger partial charge in [-0.25, -0.2) is 0 Å². The molecule has 2 heteroatoms. The van der Waals surface area contributed by atoms with Crippen LogP contribution < -0.4 is 5.73 Å². The molecule has 0 aromatic heterocycles. The van der Waals surface area contributed by atoms with E-state index in [0.717, 1.165) is 5.92 Å². The zero-order valence-electron chi connectivity index (χ0n) is 7.34. The van der Waals surface area contributed by atoms with Crippen LogP contribution in [0.1, 0.15) is 25.7 Å². The van der Waals surface area contributed by atoms with E-state index in [1.807, 2.05) is 0 Å². The molecule has 1 aliphatic carbocycles. The lowest BCUT2D eigenvalue weighted by Gasteiger charge is -2.38. The van der Waals surface area contributed by atoms with Crippen molar-refractivity contribution in [3.05, 3.63) is 0 Å². The monoisotopic (exact) mass is 154 g/mol. The Balaban J connectivity index is 1.93. The summed E-state index contributed by atoms with van der Waals surface area (Å²) in [5, 5.41) is 0. The molecule has 1 saturated carbocycles. The molecule has 11 heavy (non-hydrogen) atoms. The van der Waals surface area contributed by atoms with Gasteiger partial charge in [0.1, 0.15) is 0 Å². The molecule has 0 amide bonds. The number of nitrogens with two attached hydrogens (primary N) is 1. The summed E-state index contributed by atoms with van der Waals surface area (Å²) in [6.45, 7) is 2.40. The van der Waals surface area contributed by atoms with Crippen molar-refractivity contribution in [2.75, 3.05) is 20.1 Å². The zero-order chi connectivity index (χ0) is 7.90. The standard InChI is InChI=1S/C9H18N2/c1-11-6-4-9(10,5-7-11)8-2-3-8/h8H,2-7,10H2,1H3. The molecular formula is C9H18N2. The van der Waals surface area contributed by atoms with Gasteiger partial charge >= 0.3 is 0 Å². The topological polar surface area (TPSA) is 29.3 Å². The predicted molar refractivity (Wildman–Crippen MR) is 46.4 cm³/mol. The first kappa shape index (κ1) is 7.56. The molecule has 2 nitrogen and oxygen atoms in total. The predicted octanol–water partition coefficient (Wildman–Crippen LogP) is 0.819. The maximum absolute atomic E-state index is 6.30. The van der Waals surface area contributed by atoms with E-state index >= 15 is 0 Å². The molecule has 1 heterocycles. The Bertz CT molecular complexity index is 144. The van der Waals surface area contributed by atoms with Crippen molar-refractivity contribution < 1.29 is 0 Å². The van der Waals surface area contributed by atoms with E-state index in [1.54, 1.807) is 0 Å². The van der Waals surface area contributed by atoms with E-state index in [9.17, 15) is 0 Å². The third-order valence-corrected chi connectivity index (χ3v) is 3.31. The number of hydrogen-bond acceptors (Lipinski definition) is 2. The van der Waals surface area contributed by atoms with E-state index in [-0.39, 0.29) is 5.54 Å². The van der Waals surface area contributed by atoms with E-state index in [4.69, 9.17) is 5.73 Å². The molecule has 0 atom stereocenters. The molecule has 1 aliphatic heterocycles. The fourth-order valence-electron chi connectivity index (χ4n) is 2.10. The number of rotatable bonds is 1. The lowest BCUT2D eigenvalue weighted by Crippen LogP contribution is -2.50.